The Morgan fingerprint density at radius 3 is 2.25 bits per heavy atom. The number of rotatable bonds is 6. The van der Waals surface area contributed by atoms with Crippen LogP contribution in [0.1, 0.15) is 26.7 Å². The van der Waals surface area contributed by atoms with Gasteiger partial charge < -0.3 is 10.0 Å². The van der Waals surface area contributed by atoms with Crippen LogP contribution in [0.5, 0.6) is 5.75 Å². The molecule has 0 radical (unpaired) electrons. The van der Waals surface area contributed by atoms with Crippen LogP contribution in [0.4, 0.5) is 5.82 Å². The van der Waals surface area contributed by atoms with Gasteiger partial charge in [-0.1, -0.05) is 38.1 Å². The Kier molecular flexibility index (Phi) is 4.94. The van der Waals surface area contributed by atoms with E-state index in [1.54, 1.807) is 12.1 Å². The molecule has 0 saturated carbocycles. The van der Waals surface area contributed by atoms with E-state index in [-0.39, 0.29) is 5.75 Å². The Labute approximate surface area is 142 Å². The lowest BCUT2D eigenvalue weighted by molar-refractivity contribution is 0.477. The zero-order chi connectivity index (χ0) is 16.9. The van der Waals surface area contributed by atoms with E-state index in [0.29, 0.717) is 11.4 Å². The molecule has 0 aliphatic heterocycles. The fourth-order valence-corrected chi connectivity index (χ4v) is 2.95. The molecular weight excluding hydrogens is 298 g/mol. The first-order valence-electron chi connectivity index (χ1n) is 8.54. The van der Waals surface area contributed by atoms with Crippen LogP contribution in [0.15, 0.2) is 48.5 Å². The largest absolute Gasteiger partial charge is 0.507 e. The van der Waals surface area contributed by atoms with E-state index in [1.165, 1.54) is 0 Å². The van der Waals surface area contributed by atoms with Gasteiger partial charge in [-0.2, -0.15) is 0 Å². The van der Waals surface area contributed by atoms with E-state index in [2.05, 4.69) is 29.8 Å². The van der Waals surface area contributed by atoms with E-state index in [4.69, 9.17) is 4.98 Å². The Balaban J connectivity index is 2.21. The average Bonchev–Trinajstić information content (AvgIpc) is 2.61. The van der Waals surface area contributed by atoms with Crippen LogP contribution in [0.2, 0.25) is 0 Å². The minimum absolute atomic E-state index is 0.205. The molecule has 24 heavy (non-hydrogen) atoms. The molecule has 3 rings (SSSR count). The van der Waals surface area contributed by atoms with Gasteiger partial charge in [-0.25, -0.2) is 9.97 Å². The van der Waals surface area contributed by atoms with E-state index >= 15 is 0 Å². The Hall–Kier alpha value is -2.62. The molecule has 4 heteroatoms. The highest BCUT2D eigenvalue weighted by Gasteiger charge is 2.15. The number of hydrogen-bond acceptors (Lipinski definition) is 4. The number of aromatic hydroxyl groups is 1. The van der Waals surface area contributed by atoms with Crippen molar-refractivity contribution in [3.05, 3.63) is 48.5 Å². The number of phenolic OH excluding ortho intramolecular Hbond substituents is 1. The number of anilines is 1. The van der Waals surface area contributed by atoms with Crippen LogP contribution in [0.25, 0.3) is 22.3 Å². The minimum Gasteiger partial charge on any atom is -0.507 e. The van der Waals surface area contributed by atoms with Crippen molar-refractivity contribution >= 4 is 16.7 Å². The van der Waals surface area contributed by atoms with E-state index in [1.807, 2.05) is 30.3 Å². The molecule has 0 unspecified atom stereocenters. The highest BCUT2D eigenvalue weighted by molar-refractivity contribution is 5.91. The van der Waals surface area contributed by atoms with Crippen LogP contribution in [0, 0.1) is 0 Å². The zero-order valence-corrected chi connectivity index (χ0v) is 14.2. The van der Waals surface area contributed by atoms with Gasteiger partial charge in [0.05, 0.1) is 11.1 Å². The number of para-hydroxylation sites is 2. The summed E-state index contributed by atoms with van der Waals surface area (Å²) in [4.78, 5) is 11.8. The van der Waals surface area contributed by atoms with Crippen LogP contribution in [0.3, 0.4) is 0 Å². The number of phenols is 1. The van der Waals surface area contributed by atoms with Crippen LogP contribution in [-0.2, 0) is 0 Å². The third kappa shape index (κ3) is 3.18. The molecule has 4 nitrogen and oxygen atoms in total. The van der Waals surface area contributed by atoms with Gasteiger partial charge >= 0.3 is 0 Å². The number of hydrogen-bond donors (Lipinski definition) is 1. The second-order valence-corrected chi connectivity index (χ2v) is 5.89. The standard InChI is InChI=1S/C20H23N3O/c1-3-13-23(14-4-2)20-15-9-5-7-11-17(15)21-19(22-20)16-10-6-8-12-18(16)24/h5-12,24H,3-4,13-14H2,1-2H3. The molecule has 0 fully saturated rings. The monoisotopic (exact) mass is 321 g/mol. The summed E-state index contributed by atoms with van der Waals surface area (Å²) in [5.74, 6) is 1.72. The van der Waals surface area contributed by atoms with Crippen molar-refractivity contribution in [1.29, 1.82) is 0 Å². The number of fused-ring (bicyclic) bond motifs is 1. The Bertz CT molecular complexity index is 826. The van der Waals surface area contributed by atoms with Crippen LogP contribution in [-0.4, -0.2) is 28.2 Å². The molecule has 2 aromatic carbocycles. The van der Waals surface area contributed by atoms with Crippen LogP contribution >= 0.6 is 0 Å². The summed E-state index contributed by atoms with van der Waals surface area (Å²) in [6.07, 6.45) is 2.12. The summed E-state index contributed by atoms with van der Waals surface area (Å²) in [5, 5.41) is 11.2. The molecule has 0 amide bonds. The highest BCUT2D eigenvalue weighted by Crippen LogP contribution is 2.31. The molecule has 3 aromatic rings. The average molecular weight is 321 g/mol. The first kappa shape index (κ1) is 16.2. The lowest BCUT2D eigenvalue weighted by Crippen LogP contribution is -2.26. The minimum atomic E-state index is 0.205. The fourth-order valence-electron chi connectivity index (χ4n) is 2.95. The van der Waals surface area contributed by atoms with Gasteiger partial charge in [-0.3, -0.25) is 0 Å². The Morgan fingerprint density at radius 2 is 1.54 bits per heavy atom. The summed E-state index contributed by atoms with van der Waals surface area (Å²) in [6.45, 7) is 6.26. The van der Waals surface area contributed by atoms with E-state index < -0.39 is 0 Å². The summed E-state index contributed by atoms with van der Waals surface area (Å²) in [6, 6.07) is 15.3. The van der Waals surface area contributed by atoms with Crippen molar-refractivity contribution in [1.82, 2.24) is 9.97 Å². The zero-order valence-electron chi connectivity index (χ0n) is 14.2. The van der Waals surface area contributed by atoms with E-state index in [0.717, 1.165) is 42.7 Å². The lowest BCUT2D eigenvalue weighted by atomic mass is 10.1. The molecule has 1 heterocycles. The van der Waals surface area contributed by atoms with Crippen molar-refractivity contribution in [2.24, 2.45) is 0 Å². The van der Waals surface area contributed by atoms with Gasteiger partial charge in [0.15, 0.2) is 5.82 Å². The first-order chi connectivity index (χ1) is 11.7. The van der Waals surface area contributed by atoms with Crippen molar-refractivity contribution in [3.63, 3.8) is 0 Å². The lowest BCUT2D eigenvalue weighted by Gasteiger charge is -2.24. The van der Waals surface area contributed by atoms with Crippen LogP contribution < -0.4 is 4.90 Å². The van der Waals surface area contributed by atoms with Crippen molar-refractivity contribution in [2.75, 3.05) is 18.0 Å². The number of nitrogens with zero attached hydrogens (tertiary/aromatic N) is 3. The van der Waals surface area contributed by atoms with Crippen molar-refractivity contribution in [2.45, 2.75) is 26.7 Å². The highest BCUT2D eigenvalue weighted by atomic mass is 16.3. The Morgan fingerprint density at radius 1 is 0.875 bits per heavy atom. The van der Waals surface area contributed by atoms with Crippen molar-refractivity contribution in [3.8, 4) is 17.1 Å². The van der Waals surface area contributed by atoms with Gasteiger partial charge in [0.2, 0.25) is 0 Å². The van der Waals surface area contributed by atoms with Gasteiger partial charge in [-0.05, 0) is 37.1 Å². The molecule has 1 aromatic heterocycles. The second kappa shape index (κ2) is 7.30. The van der Waals surface area contributed by atoms with E-state index in [9.17, 15) is 5.11 Å². The number of benzene rings is 2. The fraction of sp³-hybridized carbons (Fsp3) is 0.300. The van der Waals surface area contributed by atoms with Gasteiger partial charge in [0.1, 0.15) is 11.6 Å². The topological polar surface area (TPSA) is 49.2 Å². The first-order valence-corrected chi connectivity index (χ1v) is 8.54. The maximum atomic E-state index is 10.2. The maximum absolute atomic E-state index is 10.2. The van der Waals surface area contributed by atoms with Gasteiger partial charge in [0, 0.05) is 18.5 Å². The second-order valence-electron chi connectivity index (χ2n) is 5.89. The summed E-state index contributed by atoms with van der Waals surface area (Å²) in [5.41, 5.74) is 1.57. The van der Waals surface area contributed by atoms with Gasteiger partial charge in [-0.15, -0.1) is 0 Å². The summed E-state index contributed by atoms with van der Waals surface area (Å²) in [7, 11) is 0. The summed E-state index contributed by atoms with van der Waals surface area (Å²) >= 11 is 0. The predicted molar refractivity (Wildman–Crippen MR) is 99.4 cm³/mol. The third-order valence-corrected chi connectivity index (χ3v) is 4.01. The third-order valence-electron chi connectivity index (χ3n) is 4.01. The predicted octanol–water partition coefficient (Wildman–Crippen LogP) is 4.63. The molecular formula is C20H23N3O. The molecule has 0 aliphatic carbocycles. The SMILES string of the molecule is CCCN(CCC)c1nc(-c2ccccc2O)nc2ccccc12. The van der Waals surface area contributed by atoms with Crippen molar-refractivity contribution < 1.29 is 5.11 Å². The molecule has 0 aliphatic rings. The normalized spacial score (nSPS) is 10.9. The summed E-state index contributed by atoms with van der Waals surface area (Å²) < 4.78 is 0. The van der Waals surface area contributed by atoms with Gasteiger partial charge in [0.25, 0.3) is 0 Å². The maximum Gasteiger partial charge on any atom is 0.165 e. The molecule has 124 valence electrons. The molecule has 0 bridgehead atoms. The smallest absolute Gasteiger partial charge is 0.165 e. The molecule has 0 atom stereocenters. The molecule has 0 spiro atoms. The molecule has 0 saturated heterocycles. The molecule has 1 N–H and O–H groups in total. The quantitative estimate of drug-likeness (QED) is 0.719. The number of aromatic nitrogens is 2.